The Hall–Kier alpha value is -1.14. The quantitative estimate of drug-likeness (QED) is 0.788. The Morgan fingerprint density at radius 2 is 2.16 bits per heavy atom. The summed E-state index contributed by atoms with van der Waals surface area (Å²) in [6, 6.07) is 3.32. The predicted molar refractivity (Wildman–Crippen MR) is 69.2 cm³/mol. The van der Waals surface area contributed by atoms with Crippen LogP contribution in [0.4, 0.5) is 4.39 Å². The van der Waals surface area contributed by atoms with Gasteiger partial charge in [0.1, 0.15) is 10.7 Å². The topological polar surface area (TPSA) is 54.5 Å². The van der Waals surface area contributed by atoms with Crippen LogP contribution in [0.1, 0.15) is 30.1 Å². The lowest BCUT2D eigenvalue weighted by molar-refractivity contribution is 0.0747. The molecule has 1 aromatic rings. The van der Waals surface area contributed by atoms with Crippen LogP contribution in [0.5, 0.6) is 0 Å². The SMILES string of the molecule is CC1CCCN1C(=O)c1ccc(F)c(S(=O)(=O)Cl)c1. The van der Waals surface area contributed by atoms with Crippen LogP contribution in [0.3, 0.4) is 0 Å². The average Bonchev–Trinajstić information content (AvgIpc) is 2.73. The number of hydrogen-bond acceptors (Lipinski definition) is 3. The third-order valence-electron chi connectivity index (χ3n) is 3.25. The normalized spacial score (nSPS) is 19.7. The molecule has 104 valence electrons. The van der Waals surface area contributed by atoms with Crippen molar-refractivity contribution in [3.63, 3.8) is 0 Å². The molecule has 0 aliphatic carbocycles. The van der Waals surface area contributed by atoms with Crippen molar-refractivity contribution in [2.45, 2.75) is 30.7 Å². The molecular weight excluding hydrogens is 293 g/mol. The van der Waals surface area contributed by atoms with Crippen molar-refractivity contribution in [1.82, 2.24) is 4.90 Å². The van der Waals surface area contributed by atoms with E-state index in [2.05, 4.69) is 0 Å². The minimum atomic E-state index is -4.20. The van der Waals surface area contributed by atoms with Crippen LogP contribution in [-0.2, 0) is 9.05 Å². The third-order valence-corrected chi connectivity index (χ3v) is 4.59. The van der Waals surface area contributed by atoms with E-state index in [4.69, 9.17) is 10.7 Å². The van der Waals surface area contributed by atoms with E-state index in [1.54, 1.807) is 4.90 Å². The number of nitrogens with zero attached hydrogens (tertiary/aromatic N) is 1. The van der Waals surface area contributed by atoms with Crippen molar-refractivity contribution in [1.29, 1.82) is 0 Å². The number of rotatable bonds is 2. The van der Waals surface area contributed by atoms with E-state index in [1.165, 1.54) is 6.07 Å². The van der Waals surface area contributed by atoms with Crippen LogP contribution in [0.25, 0.3) is 0 Å². The maximum absolute atomic E-state index is 13.4. The van der Waals surface area contributed by atoms with Crippen molar-refractivity contribution in [2.24, 2.45) is 0 Å². The molecule has 1 fully saturated rings. The maximum atomic E-state index is 13.4. The summed E-state index contributed by atoms with van der Waals surface area (Å²) in [5.41, 5.74) is 0.134. The lowest BCUT2D eigenvalue weighted by atomic mass is 10.2. The summed E-state index contributed by atoms with van der Waals surface area (Å²) in [6.07, 6.45) is 1.82. The number of carbonyl (C=O) groups excluding carboxylic acids is 1. The fourth-order valence-electron chi connectivity index (χ4n) is 2.22. The first-order valence-corrected chi connectivity index (χ1v) is 8.17. The minimum absolute atomic E-state index is 0.105. The lowest BCUT2D eigenvalue weighted by Gasteiger charge is -2.21. The molecule has 1 amide bonds. The van der Waals surface area contributed by atoms with Crippen LogP contribution < -0.4 is 0 Å². The summed E-state index contributed by atoms with van der Waals surface area (Å²) in [7, 11) is 0.936. The molecule has 0 aromatic heterocycles. The standard InChI is InChI=1S/C12H13ClFNO3S/c1-8-3-2-6-15(8)12(16)9-4-5-10(14)11(7-9)19(13,17)18/h4-5,7-8H,2-3,6H2,1H3. The van der Waals surface area contributed by atoms with Gasteiger partial charge in [-0.05, 0) is 38.0 Å². The zero-order chi connectivity index (χ0) is 14.2. The number of likely N-dealkylation sites (tertiary alicyclic amines) is 1. The number of amides is 1. The monoisotopic (exact) mass is 305 g/mol. The van der Waals surface area contributed by atoms with Gasteiger partial charge in [0.15, 0.2) is 0 Å². The van der Waals surface area contributed by atoms with E-state index in [-0.39, 0.29) is 17.5 Å². The molecular formula is C12H13ClFNO3S. The Balaban J connectivity index is 2.39. The van der Waals surface area contributed by atoms with Crippen LogP contribution in [0.2, 0.25) is 0 Å². The number of halogens is 2. The van der Waals surface area contributed by atoms with E-state index in [9.17, 15) is 17.6 Å². The second-order valence-electron chi connectivity index (χ2n) is 4.57. The summed E-state index contributed by atoms with van der Waals surface area (Å²) >= 11 is 0. The first-order valence-electron chi connectivity index (χ1n) is 5.86. The van der Waals surface area contributed by atoms with Gasteiger partial charge in [-0.25, -0.2) is 12.8 Å². The molecule has 4 nitrogen and oxygen atoms in total. The van der Waals surface area contributed by atoms with Gasteiger partial charge in [-0.1, -0.05) is 0 Å². The Morgan fingerprint density at radius 3 is 2.68 bits per heavy atom. The Morgan fingerprint density at radius 1 is 1.47 bits per heavy atom. The predicted octanol–water partition coefficient (Wildman–Crippen LogP) is 2.38. The van der Waals surface area contributed by atoms with Crippen LogP contribution in [0, 0.1) is 5.82 Å². The largest absolute Gasteiger partial charge is 0.336 e. The van der Waals surface area contributed by atoms with Gasteiger partial charge < -0.3 is 4.90 Å². The molecule has 1 heterocycles. The van der Waals surface area contributed by atoms with Gasteiger partial charge in [0, 0.05) is 28.8 Å². The average molecular weight is 306 g/mol. The fourth-order valence-corrected chi connectivity index (χ4v) is 3.15. The summed E-state index contributed by atoms with van der Waals surface area (Å²) in [4.78, 5) is 13.2. The highest BCUT2D eigenvalue weighted by Gasteiger charge is 2.27. The van der Waals surface area contributed by atoms with Crippen molar-refractivity contribution in [2.75, 3.05) is 6.54 Å². The number of hydrogen-bond donors (Lipinski definition) is 0. The van der Waals surface area contributed by atoms with E-state index in [1.807, 2.05) is 6.92 Å². The molecule has 1 atom stereocenters. The van der Waals surface area contributed by atoms with Gasteiger partial charge in [-0.3, -0.25) is 4.79 Å². The van der Waals surface area contributed by atoms with Crippen LogP contribution >= 0.6 is 10.7 Å². The molecule has 19 heavy (non-hydrogen) atoms. The second kappa shape index (κ2) is 5.09. The van der Waals surface area contributed by atoms with Gasteiger partial charge in [-0.2, -0.15) is 0 Å². The van der Waals surface area contributed by atoms with Gasteiger partial charge >= 0.3 is 0 Å². The van der Waals surface area contributed by atoms with Gasteiger partial charge in [0.25, 0.3) is 15.0 Å². The highest BCUT2D eigenvalue weighted by Crippen LogP contribution is 2.24. The highest BCUT2D eigenvalue weighted by atomic mass is 35.7. The van der Waals surface area contributed by atoms with E-state index < -0.39 is 19.8 Å². The summed E-state index contributed by atoms with van der Waals surface area (Å²) in [5.74, 6) is -1.26. The van der Waals surface area contributed by atoms with Crippen molar-refractivity contribution in [3.05, 3.63) is 29.6 Å². The minimum Gasteiger partial charge on any atom is -0.336 e. The van der Waals surface area contributed by atoms with Gasteiger partial charge in [0.05, 0.1) is 0 Å². The molecule has 0 radical (unpaired) electrons. The van der Waals surface area contributed by atoms with E-state index >= 15 is 0 Å². The van der Waals surface area contributed by atoms with Crippen LogP contribution in [-0.4, -0.2) is 31.8 Å². The fraction of sp³-hybridized carbons (Fsp3) is 0.417. The number of benzene rings is 1. The number of carbonyl (C=O) groups is 1. The lowest BCUT2D eigenvalue weighted by Crippen LogP contribution is -2.33. The Labute approximate surface area is 115 Å². The first kappa shape index (κ1) is 14.3. The second-order valence-corrected chi connectivity index (χ2v) is 7.11. The molecule has 1 saturated heterocycles. The first-order chi connectivity index (χ1) is 8.80. The molecule has 1 aliphatic rings. The molecule has 0 saturated carbocycles. The molecule has 7 heteroatoms. The van der Waals surface area contributed by atoms with Crippen LogP contribution in [0.15, 0.2) is 23.1 Å². The van der Waals surface area contributed by atoms with Crippen molar-refractivity contribution in [3.8, 4) is 0 Å². The zero-order valence-electron chi connectivity index (χ0n) is 10.3. The van der Waals surface area contributed by atoms with Crippen molar-refractivity contribution < 1.29 is 17.6 Å². The molecule has 1 aromatic carbocycles. The van der Waals surface area contributed by atoms with E-state index in [0.29, 0.717) is 6.54 Å². The molecule has 0 bridgehead atoms. The molecule has 1 unspecified atom stereocenters. The Bertz CT molecular complexity index is 617. The van der Waals surface area contributed by atoms with Gasteiger partial charge in [0.2, 0.25) is 0 Å². The summed E-state index contributed by atoms with van der Waals surface area (Å²) in [5, 5.41) is 0. The van der Waals surface area contributed by atoms with Crippen molar-refractivity contribution >= 4 is 25.6 Å². The molecule has 0 spiro atoms. The smallest absolute Gasteiger partial charge is 0.264 e. The third kappa shape index (κ3) is 2.90. The van der Waals surface area contributed by atoms with Gasteiger partial charge in [-0.15, -0.1) is 0 Å². The highest BCUT2D eigenvalue weighted by molar-refractivity contribution is 8.13. The summed E-state index contributed by atoms with van der Waals surface area (Å²) in [6.45, 7) is 2.55. The molecule has 1 aliphatic heterocycles. The molecule has 2 rings (SSSR count). The van der Waals surface area contributed by atoms with E-state index in [0.717, 1.165) is 25.0 Å². The Kier molecular flexibility index (Phi) is 3.82. The summed E-state index contributed by atoms with van der Waals surface area (Å²) < 4.78 is 35.8. The zero-order valence-corrected chi connectivity index (χ0v) is 11.8. The molecule has 0 N–H and O–H groups in total. The maximum Gasteiger partial charge on any atom is 0.264 e.